The topological polar surface area (TPSA) is 63.7 Å². The molecule has 1 N–H and O–H groups in total. The Labute approximate surface area is 195 Å². The Kier molecular flexibility index (Phi) is 7.26. The number of nitrogens with zero attached hydrogens (tertiary/aromatic N) is 2. The Morgan fingerprint density at radius 1 is 1.28 bits per heavy atom. The molecule has 1 aromatic carbocycles. The molecular formula is C25H33N3O3S. The lowest BCUT2D eigenvalue weighted by molar-refractivity contribution is -0.0246. The highest BCUT2D eigenvalue weighted by Crippen LogP contribution is 2.39. The molecule has 1 aliphatic carbocycles. The van der Waals surface area contributed by atoms with Crippen LogP contribution in [-0.4, -0.2) is 49.6 Å². The Balaban J connectivity index is 1.34. The lowest BCUT2D eigenvalue weighted by atomic mass is 9.82. The van der Waals surface area contributed by atoms with Gasteiger partial charge in [-0.3, -0.25) is 4.79 Å². The maximum atomic E-state index is 12.7. The summed E-state index contributed by atoms with van der Waals surface area (Å²) in [6.45, 7) is 1.31. The standard InChI is InChI=1S/C25H33N3O3S/c1-28(16-18-7-9-22(32-3)21(13-18)30-2)23-10-8-19(15-26-23)24(29)27-20-14-25(31-17-20)11-5-4-6-12-25/h7-10,13,15,20H,4-6,11-12,14,16-17H2,1-3H3,(H,27,29). The van der Waals surface area contributed by atoms with E-state index in [1.54, 1.807) is 25.1 Å². The molecule has 1 amide bonds. The van der Waals surface area contributed by atoms with E-state index >= 15 is 0 Å². The molecule has 0 radical (unpaired) electrons. The van der Waals surface area contributed by atoms with Gasteiger partial charge in [0.2, 0.25) is 0 Å². The molecule has 172 valence electrons. The predicted octanol–water partition coefficient (Wildman–Crippen LogP) is 4.67. The van der Waals surface area contributed by atoms with Gasteiger partial charge in [0.1, 0.15) is 11.6 Å². The molecule has 6 nitrogen and oxygen atoms in total. The van der Waals surface area contributed by atoms with Gasteiger partial charge in [-0.25, -0.2) is 4.98 Å². The number of ether oxygens (including phenoxy) is 2. The first-order chi connectivity index (χ1) is 15.5. The molecule has 1 atom stereocenters. The Morgan fingerprint density at radius 2 is 2.09 bits per heavy atom. The van der Waals surface area contributed by atoms with Crippen molar-refractivity contribution in [2.75, 3.05) is 31.9 Å². The van der Waals surface area contributed by atoms with Gasteiger partial charge in [0, 0.05) is 24.7 Å². The van der Waals surface area contributed by atoms with Crippen LogP contribution in [0.2, 0.25) is 0 Å². The summed E-state index contributed by atoms with van der Waals surface area (Å²) in [5.41, 5.74) is 1.72. The van der Waals surface area contributed by atoms with Crippen molar-refractivity contribution in [1.82, 2.24) is 10.3 Å². The number of carbonyl (C=O) groups is 1. The van der Waals surface area contributed by atoms with Gasteiger partial charge in [-0.15, -0.1) is 11.8 Å². The summed E-state index contributed by atoms with van der Waals surface area (Å²) in [6.07, 6.45) is 10.6. The molecule has 32 heavy (non-hydrogen) atoms. The normalized spacial score (nSPS) is 19.7. The van der Waals surface area contributed by atoms with Crippen LogP contribution >= 0.6 is 11.8 Å². The van der Waals surface area contributed by atoms with Crippen molar-refractivity contribution in [1.29, 1.82) is 0 Å². The highest BCUT2D eigenvalue weighted by atomic mass is 32.2. The second-order valence-electron chi connectivity index (χ2n) is 8.88. The van der Waals surface area contributed by atoms with E-state index in [4.69, 9.17) is 9.47 Å². The van der Waals surface area contributed by atoms with Gasteiger partial charge >= 0.3 is 0 Å². The minimum atomic E-state index is -0.0782. The number of methoxy groups -OCH3 is 1. The number of nitrogens with one attached hydrogen (secondary N) is 1. The van der Waals surface area contributed by atoms with Crippen LogP contribution in [0, 0.1) is 0 Å². The number of amides is 1. The number of rotatable bonds is 7. The summed E-state index contributed by atoms with van der Waals surface area (Å²) < 4.78 is 11.6. The van der Waals surface area contributed by atoms with Crippen molar-refractivity contribution in [2.24, 2.45) is 0 Å². The number of aromatic nitrogens is 1. The summed E-state index contributed by atoms with van der Waals surface area (Å²) in [7, 11) is 3.69. The van der Waals surface area contributed by atoms with Gasteiger partial charge in [-0.05, 0) is 55.3 Å². The average molecular weight is 456 g/mol. The molecule has 2 aromatic rings. The van der Waals surface area contributed by atoms with Gasteiger partial charge in [-0.1, -0.05) is 25.3 Å². The van der Waals surface area contributed by atoms with E-state index < -0.39 is 0 Å². The number of anilines is 1. The number of pyridine rings is 1. The minimum absolute atomic E-state index is 0.00227. The maximum Gasteiger partial charge on any atom is 0.253 e. The quantitative estimate of drug-likeness (QED) is 0.612. The molecule has 1 spiro atoms. The van der Waals surface area contributed by atoms with Gasteiger partial charge in [0.05, 0.1) is 30.9 Å². The third kappa shape index (κ3) is 5.21. The number of hydrogen-bond acceptors (Lipinski definition) is 6. The second-order valence-corrected chi connectivity index (χ2v) is 9.73. The smallest absolute Gasteiger partial charge is 0.253 e. The van der Waals surface area contributed by atoms with E-state index in [0.29, 0.717) is 18.7 Å². The molecule has 1 saturated heterocycles. The molecular weight excluding hydrogens is 422 g/mol. The fraction of sp³-hybridized carbons (Fsp3) is 0.520. The van der Waals surface area contributed by atoms with Crippen LogP contribution < -0.4 is 15.0 Å². The van der Waals surface area contributed by atoms with Crippen LogP contribution in [-0.2, 0) is 11.3 Å². The third-order valence-corrected chi connectivity index (χ3v) is 7.36. The Hall–Kier alpha value is -2.25. The molecule has 1 saturated carbocycles. The van der Waals surface area contributed by atoms with Crippen LogP contribution in [0.1, 0.15) is 54.4 Å². The molecule has 2 aliphatic rings. The van der Waals surface area contributed by atoms with Crippen molar-refractivity contribution >= 4 is 23.5 Å². The van der Waals surface area contributed by atoms with Gasteiger partial charge in [0.25, 0.3) is 5.91 Å². The summed E-state index contributed by atoms with van der Waals surface area (Å²) in [4.78, 5) is 20.4. The summed E-state index contributed by atoms with van der Waals surface area (Å²) in [5, 5.41) is 3.15. The first-order valence-corrected chi connectivity index (χ1v) is 12.6. The summed E-state index contributed by atoms with van der Waals surface area (Å²) in [6, 6.07) is 10.1. The largest absolute Gasteiger partial charge is 0.496 e. The van der Waals surface area contributed by atoms with E-state index in [0.717, 1.165) is 41.3 Å². The van der Waals surface area contributed by atoms with Crippen molar-refractivity contribution in [2.45, 2.75) is 61.6 Å². The highest BCUT2D eigenvalue weighted by molar-refractivity contribution is 7.98. The molecule has 1 unspecified atom stereocenters. The van der Waals surface area contributed by atoms with E-state index in [1.165, 1.54) is 19.3 Å². The zero-order valence-electron chi connectivity index (χ0n) is 19.2. The van der Waals surface area contributed by atoms with Crippen LogP contribution in [0.5, 0.6) is 5.75 Å². The first kappa shape index (κ1) is 22.9. The SMILES string of the molecule is COc1cc(CN(C)c2ccc(C(=O)NC3COC4(CCCCC4)C3)cn2)ccc1SC. The number of carbonyl (C=O) groups excluding carboxylic acids is 1. The van der Waals surface area contributed by atoms with Crippen molar-refractivity contribution in [3.8, 4) is 5.75 Å². The monoisotopic (exact) mass is 455 g/mol. The minimum Gasteiger partial charge on any atom is -0.496 e. The third-order valence-electron chi connectivity index (χ3n) is 6.58. The molecule has 1 aliphatic heterocycles. The lowest BCUT2D eigenvalue weighted by Crippen LogP contribution is -2.37. The van der Waals surface area contributed by atoms with Crippen LogP contribution in [0.15, 0.2) is 41.4 Å². The highest BCUT2D eigenvalue weighted by Gasteiger charge is 2.41. The second kappa shape index (κ2) is 10.1. The summed E-state index contributed by atoms with van der Waals surface area (Å²) in [5.74, 6) is 1.62. The predicted molar refractivity (Wildman–Crippen MR) is 129 cm³/mol. The fourth-order valence-electron chi connectivity index (χ4n) is 4.83. The lowest BCUT2D eigenvalue weighted by Gasteiger charge is -2.32. The van der Waals surface area contributed by atoms with Gasteiger partial charge in [-0.2, -0.15) is 0 Å². The van der Waals surface area contributed by atoms with Crippen LogP contribution in [0.25, 0.3) is 0 Å². The molecule has 7 heteroatoms. The molecule has 1 aromatic heterocycles. The van der Waals surface area contributed by atoms with Crippen LogP contribution in [0.4, 0.5) is 5.82 Å². The average Bonchev–Trinajstić information content (AvgIpc) is 3.20. The van der Waals surface area contributed by atoms with Gasteiger partial charge < -0.3 is 19.7 Å². The zero-order valence-corrected chi connectivity index (χ0v) is 20.0. The van der Waals surface area contributed by atoms with E-state index in [2.05, 4.69) is 33.4 Å². The molecule has 2 heterocycles. The fourth-order valence-corrected chi connectivity index (χ4v) is 5.38. The zero-order chi connectivity index (χ0) is 22.6. The molecule has 4 rings (SSSR count). The Morgan fingerprint density at radius 3 is 2.78 bits per heavy atom. The van der Waals surface area contributed by atoms with Crippen molar-refractivity contribution in [3.63, 3.8) is 0 Å². The molecule has 2 fully saturated rings. The number of hydrogen-bond donors (Lipinski definition) is 1. The van der Waals surface area contributed by atoms with Crippen molar-refractivity contribution in [3.05, 3.63) is 47.7 Å². The van der Waals surface area contributed by atoms with Crippen molar-refractivity contribution < 1.29 is 14.3 Å². The molecule has 0 bridgehead atoms. The number of thioether (sulfide) groups is 1. The number of benzene rings is 1. The van der Waals surface area contributed by atoms with Crippen LogP contribution in [0.3, 0.4) is 0 Å². The summed E-state index contributed by atoms with van der Waals surface area (Å²) >= 11 is 1.67. The van der Waals surface area contributed by atoms with E-state index in [9.17, 15) is 4.79 Å². The maximum absolute atomic E-state index is 12.7. The van der Waals surface area contributed by atoms with Gasteiger partial charge in [0.15, 0.2) is 0 Å². The van der Waals surface area contributed by atoms with E-state index in [-0.39, 0.29) is 17.6 Å². The first-order valence-electron chi connectivity index (χ1n) is 11.3. The Bertz CT molecular complexity index is 929. The van der Waals surface area contributed by atoms with E-state index in [1.807, 2.05) is 25.4 Å².